The second-order valence-electron chi connectivity index (χ2n) is 6.66. The minimum atomic E-state index is -1.53. The third kappa shape index (κ3) is 6.01. The highest BCUT2D eigenvalue weighted by Crippen LogP contribution is 2.23. The van der Waals surface area contributed by atoms with Gasteiger partial charge in [0, 0.05) is 19.7 Å². The molecule has 0 aliphatic carbocycles. The van der Waals surface area contributed by atoms with Gasteiger partial charge in [-0.05, 0) is 35.4 Å². The zero-order chi connectivity index (χ0) is 23.0. The third-order valence-electron chi connectivity index (χ3n) is 4.53. The molecule has 0 aliphatic rings. The van der Waals surface area contributed by atoms with Crippen LogP contribution < -0.4 is 15.5 Å². The first-order valence-electron chi connectivity index (χ1n) is 9.37. The van der Waals surface area contributed by atoms with Crippen LogP contribution in [0.15, 0.2) is 48.5 Å². The Hall–Kier alpha value is -3.47. The smallest absolute Gasteiger partial charge is 0.275 e. The van der Waals surface area contributed by atoms with Gasteiger partial charge in [-0.1, -0.05) is 24.3 Å². The van der Waals surface area contributed by atoms with Gasteiger partial charge >= 0.3 is 0 Å². The second-order valence-corrected chi connectivity index (χ2v) is 6.66. The fourth-order valence-electron chi connectivity index (χ4n) is 2.78. The molecule has 5 N–H and O–H groups in total. The fourth-order valence-corrected chi connectivity index (χ4v) is 2.78. The minimum absolute atomic E-state index is 0.0223. The van der Waals surface area contributed by atoms with Gasteiger partial charge in [0.25, 0.3) is 17.7 Å². The average Bonchev–Trinajstić information content (AvgIpc) is 2.82. The third-order valence-corrected chi connectivity index (χ3v) is 4.53. The van der Waals surface area contributed by atoms with Crippen LogP contribution in [0.1, 0.15) is 10.4 Å². The summed E-state index contributed by atoms with van der Waals surface area (Å²) in [6, 6.07) is 12.1. The van der Waals surface area contributed by atoms with Gasteiger partial charge in [0.2, 0.25) is 0 Å². The lowest BCUT2D eigenvalue weighted by molar-refractivity contribution is -0.140. The number of hydroxylamine groups is 1. The molecule has 0 heterocycles. The summed E-state index contributed by atoms with van der Waals surface area (Å²) < 4.78 is 5.36. The van der Waals surface area contributed by atoms with Gasteiger partial charge in [-0.3, -0.25) is 19.6 Å². The van der Waals surface area contributed by atoms with E-state index in [1.165, 1.54) is 19.6 Å². The monoisotopic (exact) mass is 431 g/mol. The lowest BCUT2D eigenvalue weighted by Gasteiger charge is -2.25. The molecular formula is C21H25N3O7. The van der Waals surface area contributed by atoms with Crippen molar-refractivity contribution in [3.05, 3.63) is 54.1 Å². The topological polar surface area (TPSA) is 148 Å². The van der Waals surface area contributed by atoms with Crippen LogP contribution in [-0.4, -0.2) is 77.5 Å². The lowest BCUT2D eigenvalue weighted by Crippen LogP contribution is -2.54. The van der Waals surface area contributed by atoms with Crippen LogP contribution >= 0.6 is 0 Å². The quantitative estimate of drug-likeness (QED) is 0.209. The van der Waals surface area contributed by atoms with Crippen molar-refractivity contribution < 1.29 is 34.5 Å². The number of nitrogens with one attached hydrogen (secondary N) is 2. The number of carbonyl (C=O) groups excluding carboxylic acids is 3. The van der Waals surface area contributed by atoms with Gasteiger partial charge < -0.3 is 25.2 Å². The summed E-state index contributed by atoms with van der Waals surface area (Å²) in [6.07, 6.45) is -0.950. The molecule has 3 amide bonds. The second kappa shape index (κ2) is 11.1. The van der Waals surface area contributed by atoms with Crippen molar-refractivity contribution >= 4 is 17.7 Å². The molecule has 2 aromatic rings. The Kier molecular flexibility index (Phi) is 8.50. The van der Waals surface area contributed by atoms with E-state index in [0.29, 0.717) is 5.75 Å². The zero-order valence-corrected chi connectivity index (χ0v) is 17.1. The van der Waals surface area contributed by atoms with Gasteiger partial charge in [0.15, 0.2) is 6.04 Å². The highest BCUT2D eigenvalue weighted by Gasteiger charge is 2.33. The molecule has 2 unspecified atom stereocenters. The van der Waals surface area contributed by atoms with Crippen molar-refractivity contribution in [2.45, 2.75) is 12.1 Å². The van der Waals surface area contributed by atoms with Crippen LogP contribution in [0.5, 0.6) is 5.75 Å². The number of rotatable bonds is 9. The normalized spacial score (nSPS) is 12.4. The summed E-state index contributed by atoms with van der Waals surface area (Å²) in [4.78, 5) is 37.4. The van der Waals surface area contributed by atoms with Gasteiger partial charge in [0.1, 0.15) is 18.5 Å². The predicted molar refractivity (Wildman–Crippen MR) is 110 cm³/mol. The Morgan fingerprint density at radius 3 is 2.03 bits per heavy atom. The number of ether oxygens (including phenoxy) is 1. The van der Waals surface area contributed by atoms with Crippen molar-refractivity contribution in [1.82, 2.24) is 15.7 Å². The first-order chi connectivity index (χ1) is 14.8. The number of hydrogen-bond acceptors (Lipinski definition) is 7. The van der Waals surface area contributed by atoms with E-state index in [0.717, 1.165) is 16.0 Å². The molecule has 0 fully saturated rings. The van der Waals surface area contributed by atoms with Crippen LogP contribution in [0.4, 0.5) is 0 Å². The van der Waals surface area contributed by atoms with Crippen LogP contribution in [0.2, 0.25) is 0 Å². The average molecular weight is 431 g/mol. The van der Waals surface area contributed by atoms with Crippen molar-refractivity contribution in [3.8, 4) is 16.9 Å². The molecule has 0 aliphatic heterocycles. The van der Waals surface area contributed by atoms with E-state index in [1.54, 1.807) is 48.5 Å². The van der Waals surface area contributed by atoms with E-state index in [2.05, 4.69) is 5.32 Å². The van der Waals surface area contributed by atoms with Gasteiger partial charge in [-0.2, -0.15) is 0 Å². The number of aliphatic hydroxyl groups excluding tert-OH is 2. The Morgan fingerprint density at radius 1 is 1.00 bits per heavy atom. The van der Waals surface area contributed by atoms with Crippen LogP contribution in [0, 0.1) is 0 Å². The summed E-state index contributed by atoms with van der Waals surface area (Å²) in [6.45, 7) is -0.404. The number of hydrogen-bond donors (Lipinski definition) is 5. The number of nitrogens with zero attached hydrogens (tertiary/aromatic N) is 1. The molecule has 10 heteroatoms. The SMILES string of the molecule is CNC(=O)C(C(=O)NO)N(C)C(=O)c1ccc(-c2ccc(OCC(O)CO)cc2)cc1. The highest BCUT2D eigenvalue weighted by molar-refractivity contribution is 6.08. The maximum atomic E-state index is 12.7. The number of benzene rings is 2. The Balaban J connectivity index is 2.12. The van der Waals surface area contributed by atoms with E-state index in [1.807, 2.05) is 0 Å². The van der Waals surface area contributed by atoms with E-state index >= 15 is 0 Å². The Labute approximate surface area is 179 Å². The summed E-state index contributed by atoms with van der Waals surface area (Å²) in [5, 5.41) is 29.3. The van der Waals surface area contributed by atoms with Gasteiger partial charge in [-0.25, -0.2) is 5.48 Å². The number of amides is 3. The molecule has 166 valence electrons. The predicted octanol–water partition coefficient (Wildman–Crippen LogP) is -0.222. The largest absolute Gasteiger partial charge is 0.491 e. The summed E-state index contributed by atoms with van der Waals surface area (Å²) in [5.41, 5.74) is 3.31. The minimum Gasteiger partial charge on any atom is -0.491 e. The molecule has 0 radical (unpaired) electrons. The number of carbonyl (C=O) groups is 3. The molecular weight excluding hydrogens is 406 g/mol. The lowest BCUT2D eigenvalue weighted by atomic mass is 10.0. The van der Waals surface area contributed by atoms with Crippen LogP contribution in [0.3, 0.4) is 0 Å². The molecule has 2 rings (SSSR count). The van der Waals surface area contributed by atoms with E-state index < -0.39 is 29.9 Å². The van der Waals surface area contributed by atoms with Crippen molar-refractivity contribution in [2.75, 3.05) is 27.3 Å². The van der Waals surface area contributed by atoms with Crippen molar-refractivity contribution in [3.63, 3.8) is 0 Å². The van der Waals surface area contributed by atoms with Crippen molar-refractivity contribution in [1.29, 1.82) is 0 Å². The first-order valence-corrected chi connectivity index (χ1v) is 9.37. The highest BCUT2D eigenvalue weighted by atomic mass is 16.5. The molecule has 0 bridgehead atoms. The standard InChI is InChI=1S/C21H25N3O7/c1-22-19(27)18(20(28)23-30)24(2)21(29)15-5-3-13(4-6-15)14-7-9-17(10-8-14)31-12-16(26)11-25/h3-10,16,18,25-26,30H,11-12H2,1-2H3,(H,22,27)(H,23,28). The Morgan fingerprint density at radius 2 is 1.55 bits per heavy atom. The maximum absolute atomic E-state index is 12.7. The molecule has 0 spiro atoms. The van der Waals surface area contributed by atoms with Gasteiger partial charge in [-0.15, -0.1) is 0 Å². The van der Waals surface area contributed by atoms with E-state index in [9.17, 15) is 19.5 Å². The van der Waals surface area contributed by atoms with E-state index in [-0.39, 0.29) is 18.8 Å². The van der Waals surface area contributed by atoms with Crippen LogP contribution in [-0.2, 0) is 9.59 Å². The summed E-state index contributed by atoms with van der Waals surface area (Å²) in [7, 11) is 2.61. The summed E-state index contributed by atoms with van der Waals surface area (Å²) >= 11 is 0. The first kappa shape index (κ1) is 23.8. The van der Waals surface area contributed by atoms with Gasteiger partial charge in [0.05, 0.1) is 6.61 Å². The molecule has 31 heavy (non-hydrogen) atoms. The summed E-state index contributed by atoms with van der Waals surface area (Å²) in [5.74, 6) is -1.81. The molecule has 0 aromatic heterocycles. The molecule has 2 aromatic carbocycles. The fraction of sp³-hybridized carbons (Fsp3) is 0.286. The van der Waals surface area contributed by atoms with E-state index in [4.69, 9.17) is 15.1 Å². The molecule has 0 saturated carbocycles. The number of likely N-dealkylation sites (N-methyl/N-ethyl adjacent to an activating group) is 2. The number of aliphatic hydroxyl groups is 2. The maximum Gasteiger partial charge on any atom is 0.275 e. The molecule has 0 saturated heterocycles. The van der Waals surface area contributed by atoms with Crippen LogP contribution in [0.25, 0.3) is 11.1 Å². The van der Waals surface area contributed by atoms with Crippen molar-refractivity contribution in [2.24, 2.45) is 0 Å². The molecule has 2 atom stereocenters. The zero-order valence-electron chi connectivity index (χ0n) is 17.1. The molecule has 10 nitrogen and oxygen atoms in total. The Bertz CT molecular complexity index is 884.